The van der Waals surface area contributed by atoms with Crippen LogP contribution in [0.5, 0.6) is 0 Å². The number of nitrogens with one attached hydrogen (secondary N) is 1. The Hall–Kier alpha value is -4.25. The monoisotopic (exact) mass is 442 g/mol. The van der Waals surface area contributed by atoms with Crippen molar-refractivity contribution in [3.05, 3.63) is 82.4 Å². The molecule has 0 spiro atoms. The lowest BCUT2D eigenvalue weighted by atomic mass is 10.1. The first kappa shape index (κ1) is 22.0. The molecular weight excluding hydrogens is 419 g/mol. The number of hydrogen-bond donors (Lipinski definition) is 2. The first-order chi connectivity index (χ1) is 15.9. The van der Waals surface area contributed by atoms with Crippen LogP contribution in [-0.2, 0) is 6.42 Å². The van der Waals surface area contributed by atoms with Crippen molar-refractivity contribution in [3.63, 3.8) is 0 Å². The average Bonchev–Trinajstić information content (AvgIpc) is 3.11. The van der Waals surface area contributed by atoms with E-state index in [1.807, 2.05) is 38.1 Å². The van der Waals surface area contributed by atoms with Crippen LogP contribution in [0.25, 0.3) is 16.6 Å². The Labute approximate surface area is 190 Å². The number of amides is 1. The molecule has 0 aliphatic carbocycles. The number of aryl methyl sites for hydroxylation is 3. The number of nitrogen functional groups attached to an aromatic ring is 1. The predicted molar refractivity (Wildman–Crippen MR) is 125 cm³/mol. The summed E-state index contributed by atoms with van der Waals surface area (Å²) in [6.07, 6.45) is 1.02. The number of nitrogens with two attached hydrogens (primary N) is 1. The minimum Gasteiger partial charge on any atom is -0.382 e. The number of hydrogen-bond acceptors (Lipinski definition) is 5. The van der Waals surface area contributed by atoms with Gasteiger partial charge in [-0.25, -0.2) is 9.07 Å². The smallest absolute Gasteiger partial charge is 0.253 e. The fourth-order valence-electron chi connectivity index (χ4n) is 3.71. The highest BCUT2D eigenvalue weighted by molar-refractivity contribution is 5.98. The van der Waals surface area contributed by atoms with Crippen molar-refractivity contribution in [3.8, 4) is 11.8 Å². The zero-order valence-corrected chi connectivity index (χ0v) is 18.4. The molecule has 0 atom stereocenters. The highest BCUT2D eigenvalue weighted by Gasteiger charge is 2.17. The topological polar surface area (TPSA) is 110 Å². The molecule has 8 heteroatoms. The maximum Gasteiger partial charge on any atom is 0.253 e. The molecule has 3 N–H and O–H groups in total. The van der Waals surface area contributed by atoms with Crippen LogP contribution in [0.2, 0.25) is 0 Å². The molecule has 2 heterocycles. The first-order valence-corrected chi connectivity index (χ1v) is 10.6. The van der Waals surface area contributed by atoms with Crippen LogP contribution in [0.1, 0.15) is 39.3 Å². The molecule has 0 radical (unpaired) electrons. The summed E-state index contributed by atoms with van der Waals surface area (Å²) < 4.78 is 14.6. The van der Waals surface area contributed by atoms with E-state index < -0.39 is 0 Å². The van der Waals surface area contributed by atoms with Gasteiger partial charge < -0.3 is 11.1 Å². The summed E-state index contributed by atoms with van der Waals surface area (Å²) in [6.45, 7) is 4.23. The highest BCUT2D eigenvalue weighted by atomic mass is 19.1. The number of rotatable bonds is 6. The molecule has 4 rings (SSSR count). The molecule has 2 aromatic heterocycles. The number of fused-ring (bicyclic) bond motifs is 1. The molecule has 0 aliphatic heterocycles. The SMILES string of the molecule is Cc1ccc2cc(C(=O)NCCCc3nn(-c4ccc(F)cc4)c(N)c3C#N)c(C)nc2c1. The Morgan fingerprint density at radius 1 is 1.18 bits per heavy atom. The van der Waals surface area contributed by atoms with E-state index in [0.29, 0.717) is 42.0 Å². The Kier molecular flexibility index (Phi) is 6.05. The molecule has 0 unspecified atom stereocenters. The number of carbonyl (C=O) groups is 1. The second kappa shape index (κ2) is 9.09. The van der Waals surface area contributed by atoms with Gasteiger partial charge in [0.15, 0.2) is 0 Å². The molecule has 0 saturated heterocycles. The molecule has 33 heavy (non-hydrogen) atoms. The van der Waals surface area contributed by atoms with Crippen molar-refractivity contribution >= 4 is 22.6 Å². The summed E-state index contributed by atoms with van der Waals surface area (Å²) >= 11 is 0. The third-order valence-corrected chi connectivity index (χ3v) is 5.46. The van der Waals surface area contributed by atoms with Crippen molar-refractivity contribution in [1.29, 1.82) is 5.26 Å². The van der Waals surface area contributed by atoms with E-state index in [2.05, 4.69) is 21.5 Å². The van der Waals surface area contributed by atoms with Crippen LogP contribution in [-0.4, -0.2) is 27.2 Å². The van der Waals surface area contributed by atoms with E-state index in [9.17, 15) is 14.4 Å². The number of halogens is 1. The minimum absolute atomic E-state index is 0.195. The van der Waals surface area contributed by atoms with Gasteiger partial charge in [0, 0.05) is 11.9 Å². The number of nitrogens with zero attached hydrogens (tertiary/aromatic N) is 4. The molecule has 4 aromatic rings. The van der Waals surface area contributed by atoms with E-state index >= 15 is 0 Å². The van der Waals surface area contributed by atoms with E-state index in [4.69, 9.17) is 5.73 Å². The van der Waals surface area contributed by atoms with Crippen LogP contribution < -0.4 is 11.1 Å². The van der Waals surface area contributed by atoms with Gasteiger partial charge in [0.05, 0.1) is 28.2 Å². The van der Waals surface area contributed by atoms with Gasteiger partial charge >= 0.3 is 0 Å². The average molecular weight is 442 g/mol. The third-order valence-electron chi connectivity index (χ3n) is 5.46. The molecule has 2 aromatic carbocycles. The van der Waals surface area contributed by atoms with Gasteiger partial charge in [-0.05, 0) is 68.7 Å². The van der Waals surface area contributed by atoms with E-state index in [0.717, 1.165) is 16.5 Å². The second-order valence-corrected chi connectivity index (χ2v) is 7.88. The second-order valence-electron chi connectivity index (χ2n) is 7.88. The maximum atomic E-state index is 13.2. The number of benzene rings is 2. The molecule has 166 valence electrons. The zero-order valence-electron chi connectivity index (χ0n) is 18.4. The largest absolute Gasteiger partial charge is 0.382 e. The number of nitriles is 1. The molecule has 0 saturated carbocycles. The lowest BCUT2D eigenvalue weighted by Gasteiger charge is -2.09. The molecule has 0 fully saturated rings. The molecule has 0 aliphatic rings. The van der Waals surface area contributed by atoms with Crippen LogP contribution >= 0.6 is 0 Å². The maximum absolute atomic E-state index is 13.2. The standard InChI is InChI=1S/C25H23FN6O/c1-15-5-6-17-13-20(16(2)30-23(17)12-15)25(33)29-11-3-4-22-21(14-27)24(28)32(31-22)19-9-7-18(26)8-10-19/h5-10,12-13H,3-4,11,28H2,1-2H3,(H,29,33). The Bertz CT molecular complexity index is 1390. The van der Waals surface area contributed by atoms with Crippen molar-refractivity contribution in [2.75, 3.05) is 12.3 Å². The normalized spacial score (nSPS) is 10.8. The van der Waals surface area contributed by atoms with Gasteiger partial charge in [0.1, 0.15) is 23.3 Å². The van der Waals surface area contributed by atoms with Crippen LogP contribution in [0.3, 0.4) is 0 Å². The van der Waals surface area contributed by atoms with Crippen molar-refractivity contribution in [2.45, 2.75) is 26.7 Å². The summed E-state index contributed by atoms with van der Waals surface area (Å²) in [5.41, 5.74) is 10.7. The summed E-state index contributed by atoms with van der Waals surface area (Å²) in [5.74, 6) is -0.358. The quantitative estimate of drug-likeness (QED) is 0.439. The fourth-order valence-corrected chi connectivity index (χ4v) is 3.71. The molecular formula is C25H23FN6O. The van der Waals surface area contributed by atoms with E-state index in [1.54, 1.807) is 12.1 Å². The van der Waals surface area contributed by atoms with Crippen LogP contribution in [0, 0.1) is 31.0 Å². The summed E-state index contributed by atoms with van der Waals surface area (Å²) in [6, 6.07) is 15.6. The number of carbonyl (C=O) groups excluding carboxylic acids is 1. The molecule has 7 nitrogen and oxygen atoms in total. The van der Waals surface area contributed by atoms with Gasteiger partial charge in [-0.1, -0.05) is 12.1 Å². The van der Waals surface area contributed by atoms with Gasteiger partial charge in [-0.2, -0.15) is 10.4 Å². The number of aromatic nitrogens is 3. The predicted octanol–water partition coefficient (Wildman–Crippen LogP) is 3.99. The zero-order chi connectivity index (χ0) is 23.5. The summed E-state index contributed by atoms with van der Waals surface area (Å²) in [7, 11) is 0. The van der Waals surface area contributed by atoms with Gasteiger partial charge in [-0.3, -0.25) is 9.78 Å². The molecule has 0 bridgehead atoms. The fraction of sp³-hybridized carbons (Fsp3) is 0.200. The lowest BCUT2D eigenvalue weighted by molar-refractivity contribution is 0.0952. The van der Waals surface area contributed by atoms with Crippen molar-refractivity contribution in [2.24, 2.45) is 0 Å². The molecule has 1 amide bonds. The minimum atomic E-state index is -0.368. The summed E-state index contributed by atoms with van der Waals surface area (Å²) in [4.78, 5) is 17.3. The lowest BCUT2D eigenvalue weighted by Crippen LogP contribution is -2.26. The van der Waals surface area contributed by atoms with Crippen molar-refractivity contribution in [1.82, 2.24) is 20.1 Å². The van der Waals surface area contributed by atoms with Gasteiger partial charge in [0.25, 0.3) is 5.91 Å². The highest BCUT2D eigenvalue weighted by Crippen LogP contribution is 2.22. The number of pyridine rings is 1. The van der Waals surface area contributed by atoms with Crippen molar-refractivity contribution < 1.29 is 9.18 Å². The van der Waals surface area contributed by atoms with Crippen LogP contribution in [0.4, 0.5) is 10.2 Å². The first-order valence-electron chi connectivity index (χ1n) is 10.6. The van der Waals surface area contributed by atoms with E-state index in [1.165, 1.54) is 16.8 Å². The Morgan fingerprint density at radius 3 is 2.67 bits per heavy atom. The third kappa shape index (κ3) is 4.53. The summed E-state index contributed by atoms with van der Waals surface area (Å²) in [5, 5.41) is 17.8. The Morgan fingerprint density at radius 2 is 1.94 bits per heavy atom. The van der Waals surface area contributed by atoms with Crippen LogP contribution in [0.15, 0.2) is 48.5 Å². The van der Waals surface area contributed by atoms with Gasteiger partial charge in [-0.15, -0.1) is 0 Å². The Balaban J connectivity index is 1.42. The van der Waals surface area contributed by atoms with E-state index in [-0.39, 0.29) is 23.1 Å². The number of anilines is 1. The van der Waals surface area contributed by atoms with Gasteiger partial charge in [0.2, 0.25) is 0 Å².